The van der Waals surface area contributed by atoms with Gasteiger partial charge < -0.3 is 24.8 Å². The van der Waals surface area contributed by atoms with Crippen LogP contribution < -0.4 is 28.2 Å². The second-order valence-electron chi connectivity index (χ2n) is 7.49. The summed E-state index contributed by atoms with van der Waals surface area (Å²) in [5.41, 5.74) is 3.09. The fraction of sp³-hybridized carbons (Fsp3) is 0.368. The number of aromatic amines is 1. The first-order valence-electron chi connectivity index (χ1n) is 8.15. The van der Waals surface area contributed by atoms with E-state index in [2.05, 4.69) is 75.3 Å². The van der Waals surface area contributed by atoms with Gasteiger partial charge in [0, 0.05) is 0 Å². The number of rotatable bonds is 3. The molecule has 1 nitrogen and oxygen atoms in total. The third kappa shape index (κ3) is 4.36. The molecule has 1 aromatic heterocycles. The van der Waals surface area contributed by atoms with Gasteiger partial charge in [0.15, 0.2) is 0 Å². The molecule has 1 aliphatic carbocycles. The molecule has 0 aliphatic heterocycles. The molecule has 0 saturated heterocycles. The molecule has 2 aromatic rings. The number of allylic oxidation sites excluding steroid dienone is 4. The molecule has 5 heteroatoms. The van der Waals surface area contributed by atoms with E-state index in [1.807, 2.05) is 3.28 Å². The Morgan fingerprint density at radius 1 is 1.08 bits per heavy atom. The number of hydrogen-bond acceptors (Lipinski definition) is 0. The van der Waals surface area contributed by atoms with Crippen molar-refractivity contribution in [3.63, 3.8) is 0 Å². The molecular weight excluding hydrogens is 432 g/mol. The van der Waals surface area contributed by atoms with Crippen LogP contribution in [0.25, 0.3) is 10.9 Å². The Hall–Kier alpha value is -0.0800. The molecule has 3 rings (SSSR count). The van der Waals surface area contributed by atoms with E-state index in [1.165, 1.54) is 17.3 Å². The van der Waals surface area contributed by atoms with E-state index in [4.69, 9.17) is 0 Å². The summed E-state index contributed by atoms with van der Waals surface area (Å²) < 4.78 is 3.39. The number of fused-ring (bicyclic) bond motifs is 1. The Bertz CT molecular complexity index is 769. The van der Waals surface area contributed by atoms with Crippen LogP contribution in [0.3, 0.4) is 0 Å². The van der Waals surface area contributed by atoms with Crippen molar-refractivity contribution in [3.05, 3.63) is 50.5 Å². The van der Waals surface area contributed by atoms with Crippen molar-refractivity contribution in [1.82, 2.24) is 4.98 Å². The van der Waals surface area contributed by atoms with Crippen molar-refractivity contribution in [2.75, 3.05) is 0 Å². The normalized spacial score (nSPS) is 13.9. The molecule has 0 unspecified atom stereocenters. The Morgan fingerprint density at radius 2 is 1.75 bits per heavy atom. The van der Waals surface area contributed by atoms with Gasteiger partial charge in [-0.2, -0.15) is 0 Å². The second-order valence-corrected chi connectivity index (χ2v) is 13.7. The van der Waals surface area contributed by atoms with Crippen LogP contribution in [0, 0.1) is 0 Å². The van der Waals surface area contributed by atoms with Crippen LogP contribution in [0.5, 0.6) is 0 Å². The average molecular weight is 458 g/mol. The third-order valence-corrected chi connectivity index (χ3v) is 10.3. The van der Waals surface area contributed by atoms with Crippen molar-refractivity contribution < 1.29 is 48.0 Å². The predicted molar refractivity (Wildman–Crippen MR) is 96.3 cm³/mol. The molecule has 1 aromatic carbocycles. The molecule has 0 atom stereocenters. The molecule has 1 N–H and O–H groups in total. The van der Waals surface area contributed by atoms with Gasteiger partial charge in [-0.05, 0) is 0 Å². The summed E-state index contributed by atoms with van der Waals surface area (Å²) >= 11 is -0.727. The maximum absolute atomic E-state index is 3.79. The first kappa shape index (κ1) is 22.0. The molecule has 128 valence electrons. The van der Waals surface area contributed by atoms with Gasteiger partial charge in [-0.1, -0.05) is 0 Å². The van der Waals surface area contributed by atoms with Crippen molar-refractivity contribution in [1.29, 1.82) is 0 Å². The summed E-state index contributed by atoms with van der Waals surface area (Å²) in [6.45, 7) is 12.0. The van der Waals surface area contributed by atoms with Gasteiger partial charge in [-0.15, -0.1) is 0 Å². The number of hydrogen-bond donors (Lipinski definition) is 1. The van der Waals surface area contributed by atoms with E-state index in [9.17, 15) is 0 Å². The minimum atomic E-state index is -0.727. The molecule has 0 bridgehead atoms. The minimum Gasteiger partial charge on any atom is -1.00 e. The first-order chi connectivity index (χ1) is 10.4. The molecule has 0 amide bonds. The zero-order valence-electron chi connectivity index (χ0n) is 15.0. The van der Waals surface area contributed by atoms with Gasteiger partial charge in [0.05, 0.1) is 0 Å². The standard InChI is InChI=1S/C12H14N.C7H11Si.2ClH.Zr/c1-12(2,3)10-8-13-11-7-5-4-6-9(10)11;1-8(2)7-5-3-4-6-7;;;/h4-7,13H,1-3H3;3,5,8H,4H2,1-2H3;2*1H;/q;;;;+2/p-2. The van der Waals surface area contributed by atoms with Gasteiger partial charge in [-0.3, -0.25) is 0 Å². The van der Waals surface area contributed by atoms with Gasteiger partial charge in [0.25, 0.3) is 0 Å². The summed E-state index contributed by atoms with van der Waals surface area (Å²) in [4.78, 5) is 3.79. The fourth-order valence-corrected chi connectivity index (χ4v) is 11.1. The van der Waals surface area contributed by atoms with E-state index >= 15 is 0 Å². The van der Waals surface area contributed by atoms with E-state index in [0.717, 1.165) is 0 Å². The summed E-state index contributed by atoms with van der Waals surface area (Å²) in [6, 6.07) is 8.83. The van der Waals surface area contributed by atoms with E-state index in [0.29, 0.717) is 0 Å². The van der Waals surface area contributed by atoms with Gasteiger partial charge in [-0.25, -0.2) is 0 Å². The number of benzene rings is 1. The maximum Gasteiger partial charge on any atom is -1.00 e. The van der Waals surface area contributed by atoms with Crippen molar-refractivity contribution in [3.8, 4) is 0 Å². The smallest absolute Gasteiger partial charge is 1.00 e. The zero-order chi connectivity index (χ0) is 15.9. The van der Waals surface area contributed by atoms with Crippen LogP contribution >= 0.6 is 0 Å². The summed E-state index contributed by atoms with van der Waals surface area (Å²) in [5.74, 6) is 0. The topological polar surface area (TPSA) is 15.8 Å². The SMILES string of the molecule is C[SiH](C)C1=[C]([Zr+2][c]2[nH]c3ccccc3c2C(C)(C)C)CC=C1.[Cl-].[Cl-]. The molecule has 0 fully saturated rings. The number of halogens is 2. The van der Waals surface area contributed by atoms with Crippen LogP contribution in [0.15, 0.2) is 44.9 Å². The predicted octanol–water partition coefficient (Wildman–Crippen LogP) is -1.58. The summed E-state index contributed by atoms with van der Waals surface area (Å²) in [6.07, 6.45) is 6.02. The van der Waals surface area contributed by atoms with Crippen molar-refractivity contribution in [2.24, 2.45) is 0 Å². The molecule has 1 aliphatic rings. The monoisotopic (exact) mass is 455 g/mol. The number of H-pyrrole nitrogens is 1. The Balaban J connectivity index is 0.00000144. The fourth-order valence-electron chi connectivity index (χ4n) is 3.35. The van der Waals surface area contributed by atoms with E-state index < -0.39 is 32.0 Å². The Kier molecular flexibility index (Phi) is 7.81. The van der Waals surface area contributed by atoms with Gasteiger partial charge >= 0.3 is 147 Å². The third-order valence-electron chi connectivity index (χ3n) is 4.32. The molecule has 0 spiro atoms. The van der Waals surface area contributed by atoms with Gasteiger partial charge in [0.2, 0.25) is 0 Å². The van der Waals surface area contributed by atoms with Crippen molar-refractivity contribution >= 4 is 23.1 Å². The summed E-state index contributed by atoms with van der Waals surface area (Å²) in [5, 5.41) is 3.17. The first-order valence-corrected chi connectivity index (χ1v) is 13.5. The van der Waals surface area contributed by atoms with Crippen molar-refractivity contribution in [2.45, 2.75) is 45.7 Å². The molecule has 24 heavy (non-hydrogen) atoms. The summed E-state index contributed by atoms with van der Waals surface area (Å²) in [7, 11) is -0.694. The molecule has 1 heterocycles. The van der Waals surface area contributed by atoms with Crippen LogP contribution in [0.4, 0.5) is 0 Å². The molecular formula is C19H25Cl2NSiZr. The van der Waals surface area contributed by atoms with Gasteiger partial charge in [0.1, 0.15) is 0 Å². The zero-order valence-corrected chi connectivity index (χ0v) is 20.1. The largest absolute Gasteiger partial charge is 1.00 e. The number of para-hydroxylation sites is 1. The second kappa shape index (κ2) is 8.54. The minimum absolute atomic E-state index is 0. The van der Waals surface area contributed by atoms with E-state index in [1.54, 1.807) is 14.2 Å². The van der Waals surface area contributed by atoms with Crippen LogP contribution in [0.2, 0.25) is 13.1 Å². The van der Waals surface area contributed by atoms with E-state index in [-0.39, 0.29) is 30.2 Å². The van der Waals surface area contributed by atoms with Crippen LogP contribution in [0.1, 0.15) is 32.8 Å². The maximum atomic E-state index is 3.79. The molecule has 0 saturated carbocycles. The average Bonchev–Trinajstić information content (AvgIpc) is 3.01. The number of nitrogens with one attached hydrogen (secondary N) is 1. The molecule has 0 radical (unpaired) electrons. The van der Waals surface area contributed by atoms with Crippen LogP contribution in [-0.4, -0.2) is 13.8 Å². The van der Waals surface area contributed by atoms with Crippen LogP contribution in [-0.2, 0) is 28.6 Å². The quantitative estimate of drug-likeness (QED) is 0.536. The Morgan fingerprint density at radius 3 is 2.38 bits per heavy atom. The Labute approximate surface area is 171 Å². The number of aromatic nitrogens is 1.